The van der Waals surface area contributed by atoms with E-state index >= 15 is 0 Å². The average molecular weight is 336 g/mol. The van der Waals surface area contributed by atoms with Gasteiger partial charge in [0.05, 0.1) is 23.4 Å². The van der Waals surface area contributed by atoms with Gasteiger partial charge in [0.25, 0.3) is 0 Å². The fraction of sp³-hybridized carbons (Fsp3) is 0.500. The monoisotopic (exact) mass is 335 g/mol. The summed E-state index contributed by atoms with van der Waals surface area (Å²) in [6.07, 6.45) is 0.485. The highest BCUT2D eigenvalue weighted by molar-refractivity contribution is 7.89. The number of hydrogen-bond donors (Lipinski definition) is 4. The van der Waals surface area contributed by atoms with Crippen LogP contribution in [0.15, 0.2) is 17.0 Å². The van der Waals surface area contributed by atoms with E-state index in [9.17, 15) is 13.5 Å². The summed E-state index contributed by atoms with van der Waals surface area (Å²) in [5.41, 5.74) is 5.46. The fourth-order valence-corrected chi connectivity index (χ4v) is 3.73. The Labute approximate surface area is 128 Å². The van der Waals surface area contributed by atoms with Gasteiger partial charge < -0.3 is 20.9 Å². The van der Waals surface area contributed by atoms with Crippen LogP contribution >= 0.6 is 11.6 Å². The fourth-order valence-electron chi connectivity index (χ4n) is 2.05. The van der Waals surface area contributed by atoms with Crippen molar-refractivity contribution in [3.63, 3.8) is 0 Å². The number of sulfonamides is 1. The summed E-state index contributed by atoms with van der Waals surface area (Å²) in [5.74, 6) is -0.536. The first-order chi connectivity index (χ1) is 9.92. The molecule has 1 fully saturated rings. The van der Waals surface area contributed by atoms with E-state index in [1.165, 1.54) is 12.1 Å². The van der Waals surface area contributed by atoms with Crippen molar-refractivity contribution in [3.05, 3.63) is 17.2 Å². The maximum Gasteiger partial charge on any atom is 0.245 e. The Morgan fingerprint density at radius 2 is 2.29 bits per heavy atom. The smallest absolute Gasteiger partial charge is 0.245 e. The maximum absolute atomic E-state index is 12.2. The normalized spacial score (nSPS) is 19.6. The third-order valence-corrected chi connectivity index (χ3v) is 5.11. The summed E-state index contributed by atoms with van der Waals surface area (Å²) in [4.78, 5) is -0.396. The molecule has 0 aliphatic carbocycles. The zero-order valence-corrected chi connectivity index (χ0v) is 12.9. The minimum atomic E-state index is -3.93. The highest BCUT2D eigenvalue weighted by Gasteiger charge is 2.24. The zero-order chi connectivity index (χ0) is 15.5. The van der Waals surface area contributed by atoms with E-state index in [1.807, 2.05) is 0 Å². The Balaban J connectivity index is 2.03. The van der Waals surface area contributed by atoms with E-state index in [1.54, 1.807) is 0 Å². The van der Waals surface area contributed by atoms with Gasteiger partial charge in [0, 0.05) is 19.6 Å². The molecule has 5 N–H and O–H groups in total. The second-order valence-corrected chi connectivity index (χ2v) is 6.81. The van der Waals surface area contributed by atoms with E-state index in [4.69, 9.17) is 22.1 Å². The predicted molar refractivity (Wildman–Crippen MR) is 79.9 cm³/mol. The number of nitrogens with one attached hydrogen (secondary N) is 2. The molecular weight excluding hydrogens is 318 g/mol. The van der Waals surface area contributed by atoms with Crippen molar-refractivity contribution in [2.45, 2.75) is 17.4 Å². The lowest BCUT2D eigenvalue weighted by Gasteiger charge is -2.23. The van der Waals surface area contributed by atoms with Crippen molar-refractivity contribution < 1.29 is 18.3 Å². The lowest BCUT2D eigenvalue weighted by Crippen LogP contribution is -2.40. The van der Waals surface area contributed by atoms with Gasteiger partial charge >= 0.3 is 0 Å². The summed E-state index contributed by atoms with van der Waals surface area (Å²) in [5, 5.41) is 12.9. The van der Waals surface area contributed by atoms with E-state index in [-0.39, 0.29) is 23.4 Å². The second kappa shape index (κ2) is 6.80. The summed E-state index contributed by atoms with van der Waals surface area (Å²) in [7, 11) is -3.93. The van der Waals surface area contributed by atoms with E-state index < -0.39 is 20.7 Å². The number of aromatic hydroxyl groups is 1. The summed E-state index contributed by atoms with van der Waals surface area (Å²) in [6, 6.07) is 2.68. The van der Waals surface area contributed by atoms with Crippen molar-refractivity contribution in [3.8, 4) is 5.75 Å². The number of halogens is 1. The lowest BCUT2D eigenvalue weighted by molar-refractivity contribution is 0.0247. The molecule has 2 rings (SSSR count). The summed E-state index contributed by atoms with van der Waals surface area (Å²) in [6.45, 7) is 2.28. The molecule has 118 valence electrons. The lowest BCUT2D eigenvalue weighted by atomic mass is 10.2. The molecule has 1 aliphatic rings. The zero-order valence-electron chi connectivity index (χ0n) is 11.3. The molecule has 0 radical (unpaired) electrons. The molecule has 0 amide bonds. The molecule has 0 aromatic heterocycles. The molecule has 0 spiro atoms. The van der Waals surface area contributed by atoms with Crippen molar-refractivity contribution in [1.82, 2.24) is 10.0 Å². The second-order valence-electron chi connectivity index (χ2n) is 4.70. The minimum absolute atomic E-state index is 0.0358. The van der Waals surface area contributed by atoms with Gasteiger partial charge in [-0.05, 0) is 18.6 Å². The number of hydrogen-bond acceptors (Lipinski definition) is 6. The summed E-state index contributed by atoms with van der Waals surface area (Å²) >= 11 is 5.84. The minimum Gasteiger partial charge on any atom is -0.504 e. The Morgan fingerprint density at radius 1 is 1.52 bits per heavy atom. The number of phenolic OH excluding ortho intramolecular Hbond substituents is 1. The van der Waals surface area contributed by atoms with Crippen LogP contribution in [0.4, 0.5) is 5.69 Å². The first-order valence-electron chi connectivity index (χ1n) is 6.51. The molecule has 1 atom stereocenters. The van der Waals surface area contributed by atoms with Crippen LogP contribution in [0.1, 0.15) is 6.42 Å². The molecule has 1 aromatic carbocycles. The topological polar surface area (TPSA) is 114 Å². The molecule has 21 heavy (non-hydrogen) atoms. The van der Waals surface area contributed by atoms with Crippen molar-refractivity contribution in [1.29, 1.82) is 0 Å². The van der Waals surface area contributed by atoms with Crippen LogP contribution in [-0.2, 0) is 14.8 Å². The Morgan fingerprint density at radius 3 is 2.95 bits per heavy atom. The van der Waals surface area contributed by atoms with Crippen molar-refractivity contribution in [2.24, 2.45) is 0 Å². The van der Waals surface area contributed by atoms with Gasteiger partial charge in [0.15, 0.2) is 5.75 Å². The van der Waals surface area contributed by atoms with Gasteiger partial charge in [-0.25, -0.2) is 13.1 Å². The van der Waals surface area contributed by atoms with Crippen LogP contribution in [0, 0.1) is 0 Å². The Bertz CT molecular complexity index is 603. The van der Waals surface area contributed by atoms with Gasteiger partial charge in [-0.1, -0.05) is 11.6 Å². The number of benzene rings is 1. The molecule has 1 aromatic rings. The van der Waals surface area contributed by atoms with Crippen LogP contribution in [0.5, 0.6) is 5.75 Å². The summed E-state index contributed by atoms with van der Waals surface area (Å²) < 4.78 is 32.3. The number of nitrogen functional groups attached to an aromatic ring is 1. The molecular formula is C12H18ClN3O4S. The van der Waals surface area contributed by atoms with Crippen molar-refractivity contribution >= 4 is 27.3 Å². The molecule has 1 heterocycles. The van der Waals surface area contributed by atoms with Crippen LogP contribution < -0.4 is 15.8 Å². The first-order valence-corrected chi connectivity index (χ1v) is 8.37. The molecule has 1 unspecified atom stereocenters. The molecule has 1 saturated heterocycles. The Hall–Kier alpha value is -1.06. The van der Waals surface area contributed by atoms with Gasteiger partial charge in [0.2, 0.25) is 10.0 Å². The number of anilines is 1. The van der Waals surface area contributed by atoms with Crippen molar-refractivity contribution in [2.75, 3.05) is 32.0 Å². The quantitative estimate of drug-likeness (QED) is 0.454. The Kier molecular flexibility index (Phi) is 5.28. The number of morpholine rings is 1. The van der Waals surface area contributed by atoms with E-state index in [0.717, 1.165) is 6.54 Å². The molecule has 7 nitrogen and oxygen atoms in total. The largest absolute Gasteiger partial charge is 0.504 e. The first kappa shape index (κ1) is 16.3. The van der Waals surface area contributed by atoms with Gasteiger partial charge in [-0.2, -0.15) is 0 Å². The number of rotatable bonds is 5. The SMILES string of the molecule is Nc1ccc(Cl)c(S(=O)(=O)NCCC2CNCCO2)c1O. The average Bonchev–Trinajstić information content (AvgIpc) is 2.44. The third kappa shape index (κ3) is 3.98. The molecule has 1 aliphatic heterocycles. The standard InChI is InChI=1S/C12H18ClN3O4S/c13-9-1-2-10(14)11(17)12(9)21(18,19)16-4-3-8-7-15-5-6-20-8/h1-2,8,15-17H,3-7,14H2. The highest BCUT2D eigenvalue weighted by Crippen LogP contribution is 2.34. The van der Waals surface area contributed by atoms with Gasteiger partial charge in [-0.15, -0.1) is 0 Å². The van der Waals surface area contributed by atoms with Crippen LogP contribution in [0.25, 0.3) is 0 Å². The van der Waals surface area contributed by atoms with Crippen LogP contribution in [0.2, 0.25) is 5.02 Å². The molecule has 0 saturated carbocycles. The van der Waals surface area contributed by atoms with Crippen LogP contribution in [0.3, 0.4) is 0 Å². The number of nitrogens with two attached hydrogens (primary N) is 1. The van der Waals surface area contributed by atoms with E-state index in [0.29, 0.717) is 19.6 Å². The molecule has 9 heteroatoms. The number of ether oxygens (including phenoxy) is 1. The highest BCUT2D eigenvalue weighted by atomic mass is 35.5. The third-order valence-electron chi connectivity index (χ3n) is 3.15. The van der Waals surface area contributed by atoms with Crippen LogP contribution in [-0.4, -0.2) is 45.9 Å². The van der Waals surface area contributed by atoms with E-state index in [2.05, 4.69) is 10.0 Å². The number of phenols is 1. The predicted octanol–water partition coefficient (Wildman–Crippen LogP) is 0.285. The molecule has 0 bridgehead atoms. The van der Waals surface area contributed by atoms with Gasteiger partial charge in [-0.3, -0.25) is 0 Å². The van der Waals surface area contributed by atoms with Gasteiger partial charge in [0.1, 0.15) is 4.90 Å². The maximum atomic E-state index is 12.2.